The average Bonchev–Trinajstić information content (AvgIpc) is 3.13. The molecule has 0 saturated carbocycles. The van der Waals surface area contributed by atoms with E-state index in [1.807, 2.05) is 18.2 Å². The molecule has 164 valence electrons. The number of hydrogen-bond acceptors (Lipinski definition) is 6. The summed E-state index contributed by atoms with van der Waals surface area (Å²) in [6.45, 7) is 0.596. The molecule has 2 heterocycles. The first-order valence-electron chi connectivity index (χ1n) is 10.6. The molecule has 0 amide bonds. The summed E-state index contributed by atoms with van der Waals surface area (Å²) < 4.78 is 5.24. The fourth-order valence-electron chi connectivity index (χ4n) is 4.01. The highest BCUT2D eigenvalue weighted by Gasteiger charge is 2.21. The molecule has 0 aliphatic heterocycles. The molecule has 0 spiro atoms. The number of carbonyl (C=O) groups is 1. The number of halogens is 1. The quantitative estimate of drug-likeness (QED) is 0.403. The van der Waals surface area contributed by atoms with E-state index < -0.39 is 5.97 Å². The first kappa shape index (κ1) is 21.8. The van der Waals surface area contributed by atoms with E-state index in [0.29, 0.717) is 30.2 Å². The van der Waals surface area contributed by atoms with Crippen molar-refractivity contribution in [2.45, 2.75) is 57.9 Å². The lowest BCUT2D eigenvalue weighted by Crippen LogP contribution is -2.07. The van der Waals surface area contributed by atoms with Crippen molar-refractivity contribution in [3.05, 3.63) is 45.1 Å². The Bertz CT molecular complexity index is 1100. The molecule has 0 radical (unpaired) electrons. The Balaban J connectivity index is 1.60. The number of methoxy groups -OCH3 is 1. The van der Waals surface area contributed by atoms with Crippen LogP contribution in [0.5, 0.6) is 5.75 Å². The van der Waals surface area contributed by atoms with Crippen molar-refractivity contribution < 1.29 is 14.6 Å². The summed E-state index contributed by atoms with van der Waals surface area (Å²) in [7, 11) is 1.61. The third-order valence-electron chi connectivity index (χ3n) is 5.58. The minimum absolute atomic E-state index is 0.179. The second kappa shape index (κ2) is 9.83. The van der Waals surface area contributed by atoms with Gasteiger partial charge in [-0.15, -0.1) is 11.3 Å². The lowest BCUT2D eigenvalue weighted by molar-refractivity contribution is -0.137. The molecule has 2 aromatic heterocycles. The van der Waals surface area contributed by atoms with Gasteiger partial charge >= 0.3 is 5.97 Å². The van der Waals surface area contributed by atoms with Gasteiger partial charge in [-0.1, -0.05) is 17.7 Å². The number of anilines is 1. The molecule has 0 fully saturated rings. The smallest absolute Gasteiger partial charge is 0.303 e. The highest BCUT2D eigenvalue weighted by atomic mass is 35.5. The summed E-state index contributed by atoms with van der Waals surface area (Å²) in [4.78, 5) is 22.9. The molecular formula is C23H26ClN3O3S. The van der Waals surface area contributed by atoms with Gasteiger partial charge in [0.2, 0.25) is 0 Å². The lowest BCUT2D eigenvalue weighted by atomic mass is 9.97. The monoisotopic (exact) mass is 459 g/mol. The topological polar surface area (TPSA) is 84.3 Å². The Hall–Kier alpha value is -2.38. The maximum atomic E-state index is 10.8. The Morgan fingerprint density at radius 1 is 1.26 bits per heavy atom. The van der Waals surface area contributed by atoms with E-state index in [2.05, 4.69) is 5.32 Å². The number of nitrogens with one attached hydrogen (secondary N) is 1. The summed E-state index contributed by atoms with van der Waals surface area (Å²) in [5.74, 6) is 1.53. The van der Waals surface area contributed by atoms with Gasteiger partial charge < -0.3 is 15.2 Å². The van der Waals surface area contributed by atoms with Gasteiger partial charge in [-0.3, -0.25) is 4.79 Å². The number of hydrogen-bond donors (Lipinski definition) is 2. The Morgan fingerprint density at radius 3 is 2.87 bits per heavy atom. The molecule has 2 N–H and O–H groups in total. The number of aryl methyl sites for hydroxylation is 3. The minimum Gasteiger partial charge on any atom is -0.495 e. The lowest BCUT2D eigenvalue weighted by Gasteiger charge is -2.14. The van der Waals surface area contributed by atoms with E-state index in [4.69, 9.17) is 31.4 Å². The van der Waals surface area contributed by atoms with Crippen molar-refractivity contribution in [1.82, 2.24) is 9.97 Å². The number of rotatable bonds is 9. The third-order valence-corrected chi connectivity index (χ3v) is 7.06. The number of aliphatic carboxylic acids is 1. The van der Waals surface area contributed by atoms with Gasteiger partial charge in [0.25, 0.3) is 0 Å². The highest BCUT2D eigenvalue weighted by molar-refractivity contribution is 7.19. The normalized spacial score (nSPS) is 13.2. The maximum absolute atomic E-state index is 10.8. The zero-order chi connectivity index (χ0) is 21.8. The standard InChI is InChI=1S/C23H26ClN3O3S/c1-30-17-11-10-14(12-16(17)24)13-25-22-21-15-6-2-3-7-18(15)31-23(21)27-19(26-22)8-4-5-9-20(28)29/h10-12H,2-9,13H2,1H3,(H,28,29)(H,25,26,27). The predicted molar refractivity (Wildman–Crippen MR) is 125 cm³/mol. The van der Waals surface area contributed by atoms with Crippen LogP contribution in [0.4, 0.5) is 5.82 Å². The molecule has 3 aromatic rings. The number of benzene rings is 1. The van der Waals surface area contributed by atoms with Crippen molar-refractivity contribution in [2.75, 3.05) is 12.4 Å². The Morgan fingerprint density at radius 2 is 2.10 bits per heavy atom. The molecule has 1 aliphatic carbocycles. The summed E-state index contributed by atoms with van der Waals surface area (Å²) >= 11 is 8.06. The number of carboxylic acids is 1. The maximum Gasteiger partial charge on any atom is 0.303 e. The van der Waals surface area contributed by atoms with Crippen LogP contribution in [0.2, 0.25) is 5.02 Å². The number of fused-ring (bicyclic) bond motifs is 3. The average molecular weight is 460 g/mol. The molecule has 0 saturated heterocycles. The SMILES string of the molecule is COc1ccc(CNc2nc(CCCCC(=O)O)nc3sc4c(c23)CCCC4)cc1Cl. The largest absolute Gasteiger partial charge is 0.495 e. The third kappa shape index (κ3) is 5.10. The van der Waals surface area contributed by atoms with Gasteiger partial charge in [-0.2, -0.15) is 0 Å². The van der Waals surface area contributed by atoms with Crippen LogP contribution in [0.25, 0.3) is 10.2 Å². The van der Waals surface area contributed by atoms with Gasteiger partial charge in [0, 0.05) is 24.3 Å². The zero-order valence-electron chi connectivity index (χ0n) is 17.5. The summed E-state index contributed by atoms with van der Waals surface area (Å²) in [6.07, 6.45) is 6.85. The number of ether oxygens (including phenoxy) is 1. The van der Waals surface area contributed by atoms with E-state index in [9.17, 15) is 4.79 Å². The number of aromatic nitrogens is 2. The molecule has 1 aromatic carbocycles. The van der Waals surface area contributed by atoms with Crippen LogP contribution in [0, 0.1) is 0 Å². The second-order valence-electron chi connectivity index (χ2n) is 7.80. The van der Waals surface area contributed by atoms with Crippen molar-refractivity contribution >= 4 is 44.9 Å². The summed E-state index contributed by atoms with van der Waals surface area (Å²) in [6, 6.07) is 5.77. The fraction of sp³-hybridized carbons (Fsp3) is 0.435. The molecule has 0 bridgehead atoms. The fourth-order valence-corrected chi connectivity index (χ4v) is 5.57. The summed E-state index contributed by atoms with van der Waals surface area (Å²) in [5.41, 5.74) is 2.43. The molecule has 0 atom stereocenters. The Labute approximate surface area is 190 Å². The number of thiophene rings is 1. The van der Waals surface area contributed by atoms with Gasteiger partial charge in [0.15, 0.2) is 0 Å². The zero-order valence-corrected chi connectivity index (χ0v) is 19.1. The van der Waals surface area contributed by atoms with Crippen molar-refractivity contribution in [2.24, 2.45) is 0 Å². The van der Waals surface area contributed by atoms with E-state index in [0.717, 1.165) is 46.7 Å². The number of carboxylic acid groups (broad SMARTS) is 1. The van der Waals surface area contributed by atoms with Crippen LogP contribution in [-0.4, -0.2) is 28.2 Å². The van der Waals surface area contributed by atoms with E-state index in [1.165, 1.54) is 23.3 Å². The van der Waals surface area contributed by atoms with Gasteiger partial charge in [-0.05, 0) is 61.8 Å². The highest BCUT2D eigenvalue weighted by Crippen LogP contribution is 2.39. The van der Waals surface area contributed by atoms with Crippen LogP contribution in [-0.2, 0) is 30.6 Å². The second-order valence-corrected chi connectivity index (χ2v) is 9.29. The Kier molecular flexibility index (Phi) is 6.92. The first-order valence-corrected chi connectivity index (χ1v) is 11.8. The van der Waals surface area contributed by atoms with Crippen LogP contribution >= 0.6 is 22.9 Å². The first-order chi connectivity index (χ1) is 15.0. The van der Waals surface area contributed by atoms with E-state index in [-0.39, 0.29) is 6.42 Å². The van der Waals surface area contributed by atoms with Crippen LogP contribution in [0.3, 0.4) is 0 Å². The van der Waals surface area contributed by atoms with E-state index in [1.54, 1.807) is 18.4 Å². The molecule has 31 heavy (non-hydrogen) atoms. The number of nitrogens with zero attached hydrogens (tertiary/aromatic N) is 2. The van der Waals surface area contributed by atoms with Gasteiger partial charge in [-0.25, -0.2) is 9.97 Å². The van der Waals surface area contributed by atoms with E-state index >= 15 is 0 Å². The molecular weight excluding hydrogens is 434 g/mol. The molecule has 0 unspecified atom stereocenters. The van der Waals surface area contributed by atoms with Gasteiger partial charge in [0.05, 0.1) is 17.5 Å². The van der Waals surface area contributed by atoms with Crippen LogP contribution in [0.1, 0.15) is 53.9 Å². The van der Waals surface area contributed by atoms with Gasteiger partial charge in [0.1, 0.15) is 22.2 Å². The van der Waals surface area contributed by atoms with Crippen molar-refractivity contribution in [3.8, 4) is 5.75 Å². The molecule has 1 aliphatic rings. The molecule has 8 heteroatoms. The minimum atomic E-state index is -0.761. The van der Waals surface area contributed by atoms with Crippen LogP contribution in [0.15, 0.2) is 18.2 Å². The molecule has 4 rings (SSSR count). The van der Waals surface area contributed by atoms with Crippen molar-refractivity contribution in [3.63, 3.8) is 0 Å². The van der Waals surface area contributed by atoms with Crippen molar-refractivity contribution in [1.29, 1.82) is 0 Å². The summed E-state index contributed by atoms with van der Waals surface area (Å²) in [5, 5.41) is 14.1. The molecule has 6 nitrogen and oxygen atoms in total. The predicted octanol–water partition coefficient (Wildman–Crippen LogP) is 5.64. The number of unbranched alkanes of at least 4 members (excludes halogenated alkanes) is 1. The van der Waals surface area contributed by atoms with Crippen LogP contribution < -0.4 is 10.1 Å².